The molecule has 0 heterocycles. The Balaban J connectivity index is 2.30. The van der Waals surface area contributed by atoms with Gasteiger partial charge in [-0.1, -0.05) is 6.42 Å². The lowest BCUT2D eigenvalue weighted by molar-refractivity contribution is -0.125. The van der Waals surface area contributed by atoms with Crippen molar-refractivity contribution < 1.29 is 9.90 Å². The molecule has 0 bridgehead atoms. The molecule has 0 saturated heterocycles. The molecule has 0 aromatic carbocycles. The minimum absolute atomic E-state index is 0.00551. The molecule has 0 spiro atoms. The van der Waals surface area contributed by atoms with Crippen LogP contribution in [0.3, 0.4) is 0 Å². The third-order valence-electron chi connectivity index (χ3n) is 2.32. The van der Waals surface area contributed by atoms with E-state index in [1.165, 1.54) is 0 Å². The Hall–Kier alpha value is -0.610. The Morgan fingerprint density at radius 1 is 1.58 bits per heavy atom. The Morgan fingerprint density at radius 2 is 2.33 bits per heavy atom. The number of carbonyl (C=O) groups is 1. The molecule has 1 aliphatic carbocycles. The molecular weight excluding hydrogens is 156 g/mol. The van der Waals surface area contributed by atoms with E-state index in [4.69, 9.17) is 10.8 Å². The summed E-state index contributed by atoms with van der Waals surface area (Å²) in [4.78, 5) is 11.3. The second-order valence-corrected chi connectivity index (χ2v) is 3.22. The second-order valence-electron chi connectivity index (χ2n) is 3.22. The molecule has 4 nitrogen and oxygen atoms in total. The van der Waals surface area contributed by atoms with Gasteiger partial charge in [0.1, 0.15) is 0 Å². The first-order valence-corrected chi connectivity index (χ1v) is 4.40. The van der Waals surface area contributed by atoms with E-state index in [1.54, 1.807) is 0 Å². The van der Waals surface area contributed by atoms with E-state index < -0.39 is 0 Å². The van der Waals surface area contributed by atoms with Crippen molar-refractivity contribution in [3.05, 3.63) is 0 Å². The predicted molar refractivity (Wildman–Crippen MR) is 45.4 cm³/mol. The van der Waals surface area contributed by atoms with Gasteiger partial charge < -0.3 is 16.2 Å². The van der Waals surface area contributed by atoms with Gasteiger partial charge in [-0.2, -0.15) is 0 Å². The molecule has 2 unspecified atom stereocenters. The summed E-state index contributed by atoms with van der Waals surface area (Å²) in [5, 5.41) is 11.1. The van der Waals surface area contributed by atoms with Gasteiger partial charge in [0.2, 0.25) is 5.91 Å². The third-order valence-corrected chi connectivity index (χ3v) is 2.32. The minimum atomic E-state index is -0.0310. The molecule has 0 aromatic heterocycles. The van der Waals surface area contributed by atoms with E-state index in [0.717, 1.165) is 19.3 Å². The second kappa shape index (κ2) is 4.42. The SMILES string of the molecule is NC1CCCC1C(=O)NCCO. The summed E-state index contributed by atoms with van der Waals surface area (Å²) in [6.07, 6.45) is 2.87. The van der Waals surface area contributed by atoms with Crippen molar-refractivity contribution >= 4 is 5.91 Å². The maximum Gasteiger partial charge on any atom is 0.224 e. The summed E-state index contributed by atoms with van der Waals surface area (Å²) < 4.78 is 0. The van der Waals surface area contributed by atoms with Crippen molar-refractivity contribution in [2.75, 3.05) is 13.2 Å². The smallest absolute Gasteiger partial charge is 0.224 e. The molecule has 0 aromatic rings. The van der Waals surface area contributed by atoms with E-state index in [2.05, 4.69) is 5.32 Å². The van der Waals surface area contributed by atoms with Crippen molar-refractivity contribution in [1.82, 2.24) is 5.32 Å². The quantitative estimate of drug-likeness (QED) is 0.523. The lowest BCUT2D eigenvalue weighted by Gasteiger charge is -2.14. The van der Waals surface area contributed by atoms with Crippen LogP contribution in [0.1, 0.15) is 19.3 Å². The van der Waals surface area contributed by atoms with Gasteiger partial charge in [0.15, 0.2) is 0 Å². The van der Waals surface area contributed by atoms with Gasteiger partial charge in [-0.3, -0.25) is 4.79 Å². The van der Waals surface area contributed by atoms with Crippen molar-refractivity contribution in [2.45, 2.75) is 25.3 Å². The van der Waals surface area contributed by atoms with Crippen LogP contribution in [0.25, 0.3) is 0 Å². The highest BCUT2D eigenvalue weighted by Crippen LogP contribution is 2.23. The number of rotatable bonds is 3. The van der Waals surface area contributed by atoms with Crippen LogP contribution < -0.4 is 11.1 Å². The van der Waals surface area contributed by atoms with Crippen LogP contribution in [-0.4, -0.2) is 30.2 Å². The molecule has 0 aliphatic heterocycles. The summed E-state index contributed by atoms with van der Waals surface area (Å²) >= 11 is 0. The number of carbonyl (C=O) groups excluding carboxylic acids is 1. The third kappa shape index (κ3) is 2.19. The Morgan fingerprint density at radius 3 is 2.83 bits per heavy atom. The van der Waals surface area contributed by atoms with Crippen molar-refractivity contribution in [3.8, 4) is 0 Å². The largest absolute Gasteiger partial charge is 0.395 e. The van der Waals surface area contributed by atoms with Gasteiger partial charge in [0.05, 0.1) is 12.5 Å². The molecule has 1 aliphatic rings. The fraction of sp³-hybridized carbons (Fsp3) is 0.875. The van der Waals surface area contributed by atoms with Crippen LogP contribution in [0.4, 0.5) is 0 Å². The van der Waals surface area contributed by atoms with Crippen LogP contribution in [0.5, 0.6) is 0 Å². The summed E-state index contributed by atoms with van der Waals surface area (Å²) in [6.45, 7) is 0.329. The van der Waals surface area contributed by atoms with Crippen LogP contribution >= 0.6 is 0 Å². The van der Waals surface area contributed by atoms with Gasteiger partial charge in [-0.25, -0.2) is 0 Å². The highest BCUT2D eigenvalue weighted by atomic mass is 16.3. The lowest BCUT2D eigenvalue weighted by atomic mass is 10.0. The molecule has 70 valence electrons. The first-order valence-electron chi connectivity index (χ1n) is 4.40. The Bertz CT molecular complexity index is 161. The first-order chi connectivity index (χ1) is 5.75. The molecular formula is C8H16N2O2. The minimum Gasteiger partial charge on any atom is -0.395 e. The topological polar surface area (TPSA) is 75.4 Å². The van der Waals surface area contributed by atoms with E-state index in [0.29, 0.717) is 6.54 Å². The predicted octanol–water partition coefficient (Wildman–Crippen LogP) is -0.778. The standard InChI is InChI=1S/C8H16N2O2/c9-7-3-1-2-6(7)8(12)10-4-5-11/h6-7,11H,1-5,9H2,(H,10,12). The van der Waals surface area contributed by atoms with Crippen molar-refractivity contribution in [2.24, 2.45) is 11.7 Å². The molecule has 1 amide bonds. The normalized spacial score (nSPS) is 28.8. The lowest BCUT2D eigenvalue weighted by Crippen LogP contribution is -2.39. The van der Waals surface area contributed by atoms with E-state index in [1.807, 2.05) is 0 Å². The zero-order chi connectivity index (χ0) is 8.97. The molecule has 4 heteroatoms. The molecule has 12 heavy (non-hydrogen) atoms. The fourth-order valence-corrected chi connectivity index (χ4v) is 1.62. The van der Waals surface area contributed by atoms with Gasteiger partial charge in [-0.15, -0.1) is 0 Å². The first kappa shape index (κ1) is 9.48. The fourth-order valence-electron chi connectivity index (χ4n) is 1.62. The number of aliphatic hydroxyl groups is 1. The van der Waals surface area contributed by atoms with Gasteiger partial charge in [0, 0.05) is 12.6 Å². The summed E-state index contributed by atoms with van der Waals surface area (Å²) in [7, 11) is 0. The number of hydrogen-bond acceptors (Lipinski definition) is 3. The number of nitrogens with one attached hydrogen (secondary N) is 1. The molecule has 4 N–H and O–H groups in total. The van der Waals surface area contributed by atoms with Crippen LogP contribution in [0.15, 0.2) is 0 Å². The molecule has 1 saturated carbocycles. The number of nitrogens with two attached hydrogens (primary N) is 1. The van der Waals surface area contributed by atoms with Crippen molar-refractivity contribution in [1.29, 1.82) is 0 Å². The highest BCUT2D eigenvalue weighted by molar-refractivity contribution is 5.79. The van der Waals surface area contributed by atoms with E-state index >= 15 is 0 Å². The van der Waals surface area contributed by atoms with Gasteiger partial charge in [-0.05, 0) is 12.8 Å². The van der Waals surface area contributed by atoms with Crippen LogP contribution in [0.2, 0.25) is 0 Å². The average Bonchev–Trinajstić information content (AvgIpc) is 2.47. The molecule has 2 atom stereocenters. The van der Waals surface area contributed by atoms with Gasteiger partial charge in [0.25, 0.3) is 0 Å². The zero-order valence-electron chi connectivity index (χ0n) is 7.12. The van der Waals surface area contributed by atoms with E-state index in [9.17, 15) is 4.79 Å². The monoisotopic (exact) mass is 172 g/mol. The Labute approximate surface area is 72.1 Å². The van der Waals surface area contributed by atoms with Gasteiger partial charge >= 0.3 is 0 Å². The number of amides is 1. The maximum atomic E-state index is 11.3. The van der Waals surface area contributed by atoms with Crippen molar-refractivity contribution in [3.63, 3.8) is 0 Å². The summed E-state index contributed by atoms with van der Waals surface area (Å²) in [5.74, 6) is -0.0365. The molecule has 0 radical (unpaired) electrons. The molecule has 1 fully saturated rings. The van der Waals surface area contributed by atoms with E-state index in [-0.39, 0.29) is 24.5 Å². The summed E-state index contributed by atoms with van der Waals surface area (Å²) in [5.41, 5.74) is 5.73. The molecule has 1 rings (SSSR count). The Kier molecular flexibility index (Phi) is 3.49. The summed E-state index contributed by atoms with van der Waals surface area (Å²) in [6, 6.07) is 0.0173. The number of hydrogen-bond donors (Lipinski definition) is 3. The van der Waals surface area contributed by atoms with Crippen LogP contribution in [-0.2, 0) is 4.79 Å². The van der Waals surface area contributed by atoms with Crippen LogP contribution in [0, 0.1) is 5.92 Å². The maximum absolute atomic E-state index is 11.3. The average molecular weight is 172 g/mol. The highest BCUT2D eigenvalue weighted by Gasteiger charge is 2.29. The zero-order valence-corrected chi connectivity index (χ0v) is 7.12. The number of aliphatic hydroxyl groups excluding tert-OH is 1.